The molecule has 1 aliphatic rings. The first-order chi connectivity index (χ1) is 13.0. The Morgan fingerprint density at radius 1 is 1.19 bits per heavy atom. The van der Waals surface area contributed by atoms with Gasteiger partial charge in [0.05, 0.1) is 5.56 Å². The summed E-state index contributed by atoms with van der Waals surface area (Å²) in [5.74, 6) is 1.46. The van der Waals surface area contributed by atoms with Crippen molar-refractivity contribution in [2.75, 3.05) is 6.61 Å². The zero-order valence-corrected chi connectivity index (χ0v) is 15.7. The predicted octanol–water partition coefficient (Wildman–Crippen LogP) is 5.14. The number of ketones is 1. The van der Waals surface area contributed by atoms with E-state index in [2.05, 4.69) is 6.07 Å². The van der Waals surface area contributed by atoms with Gasteiger partial charge in [0.25, 0.3) is 0 Å². The van der Waals surface area contributed by atoms with Crippen LogP contribution in [0, 0.1) is 0 Å². The fourth-order valence-corrected chi connectivity index (χ4v) is 3.19. The van der Waals surface area contributed by atoms with E-state index in [9.17, 15) is 4.79 Å². The van der Waals surface area contributed by atoms with Crippen molar-refractivity contribution in [1.29, 1.82) is 0 Å². The SMILES string of the molecule is CC(C)=CCOc1ccc2c(c1)OC(=Cc1cn(C)c3ccccc13)C2=O. The third kappa shape index (κ3) is 3.26. The maximum absolute atomic E-state index is 12.7. The lowest BCUT2D eigenvalue weighted by Crippen LogP contribution is -1.97. The summed E-state index contributed by atoms with van der Waals surface area (Å²) in [4.78, 5) is 12.7. The van der Waals surface area contributed by atoms with Gasteiger partial charge in [-0.15, -0.1) is 0 Å². The normalized spacial score (nSPS) is 14.3. The van der Waals surface area contributed by atoms with E-state index in [-0.39, 0.29) is 5.78 Å². The fraction of sp³-hybridized carbons (Fsp3) is 0.174. The molecule has 0 atom stereocenters. The number of para-hydroxylation sites is 1. The molecule has 0 fully saturated rings. The van der Waals surface area contributed by atoms with E-state index >= 15 is 0 Å². The number of fused-ring (bicyclic) bond motifs is 2. The van der Waals surface area contributed by atoms with Gasteiger partial charge in [0.15, 0.2) is 5.76 Å². The maximum atomic E-state index is 12.7. The number of aromatic nitrogens is 1. The molecule has 0 aliphatic carbocycles. The standard InChI is InChI=1S/C23H21NO3/c1-15(2)10-11-26-17-8-9-19-21(13-17)27-22(23(19)25)12-16-14-24(3)20-7-5-4-6-18(16)20/h4-10,12-14H,11H2,1-3H3. The van der Waals surface area contributed by atoms with Crippen LogP contribution in [0.4, 0.5) is 0 Å². The van der Waals surface area contributed by atoms with Gasteiger partial charge < -0.3 is 14.0 Å². The van der Waals surface area contributed by atoms with E-state index in [0.717, 1.165) is 16.5 Å². The Kier molecular flexibility index (Phi) is 4.32. The zero-order chi connectivity index (χ0) is 19.0. The topological polar surface area (TPSA) is 40.5 Å². The number of benzene rings is 2. The molecule has 4 rings (SSSR count). The van der Waals surface area contributed by atoms with Gasteiger partial charge in [0.2, 0.25) is 5.78 Å². The van der Waals surface area contributed by atoms with Crippen LogP contribution >= 0.6 is 0 Å². The van der Waals surface area contributed by atoms with Gasteiger partial charge in [-0.2, -0.15) is 0 Å². The van der Waals surface area contributed by atoms with Crippen molar-refractivity contribution in [2.24, 2.45) is 7.05 Å². The molecule has 0 bridgehead atoms. The Balaban J connectivity index is 1.63. The summed E-state index contributed by atoms with van der Waals surface area (Å²) in [5, 5.41) is 1.09. The van der Waals surface area contributed by atoms with Crippen LogP contribution < -0.4 is 9.47 Å². The summed E-state index contributed by atoms with van der Waals surface area (Å²) < 4.78 is 13.6. The highest BCUT2D eigenvalue weighted by Crippen LogP contribution is 2.35. The highest BCUT2D eigenvalue weighted by Gasteiger charge is 2.28. The van der Waals surface area contributed by atoms with E-state index in [1.165, 1.54) is 5.57 Å². The molecule has 0 spiro atoms. The lowest BCUT2D eigenvalue weighted by molar-refractivity contribution is 0.101. The second-order valence-corrected chi connectivity index (χ2v) is 6.90. The quantitative estimate of drug-likeness (QED) is 0.478. The van der Waals surface area contributed by atoms with Crippen LogP contribution in [0.5, 0.6) is 11.5 Å². The molecule has 1 aromatic heterocycles. The molecule has 0 radical (unpaired) electrons. The second kappa shape index (κ2) is 6.80. The lowest BCUT2D eigenvalue weighted by Gasteiger charge is -2.05. The van der Waals surface area contributed by atoms with Gasteiger partial charge in [-0.05, 0) is 44.2 Å². The summed E-state index contributed by atoms with van der Waals surface area (Å²) in [7, 11) is 1.99. The first-order valence-electron chi connectivity index (χ1n) is 8.91. The molecule has 0 unspecified atom stereocenters. The summed E-state index contributed by atoms with van der Waals surface area (Å²) in [6.07, 6.45) is 5.82. The molecule has 1 aliphatic heterocycles. The van der Waals surface area contributed by atoms with Gasteiger partial charge in [-0.3, -0.25) is 4.79 Å². The van der Waals surface area contributed by atoms with Crippen molar-refractivity contribution in [1.82, 2.24) is 4.57 Å². The molecule has 136 valence electrons. The predicted molar refractivity (Wildman–Crippen MR) is 107 cm³/mol. The van der Waals surface area contributed by atoms with Crippen LogP contribution in [0.25, 0.3) is 17.0 Å². The molecule has 0 saturated carbocycles. The number of carbonyl (C=O) groups excluding carboxylic acids is 1. The van der Waals surface area contributed by atoms with Crippen LogP contribution in [0.3, 0.4) is 0 Å². The van der Waals surface area contributed by atoms with Crippen molar-refractivity contribution in [3.05, 3.63) is 77.2 Å². The molecule has 3 aromatic rings. The molecule has 27 heavy (non-hydrogen) atoms. The van der Waals surface area contributed by atoms with Crippen molar-refractivity contribution in [3.63, 3.8) is 0 Å². The van der Waals surface area contributed by atoms with E-state index < -0.39 is 0 Å². The highest BCUT2D eigenvalue weighted by atomic mass is 16.5. The number of Topliss-reactive ketones (excluding diaryl/α,β-unsaturated/α-hetero) is 1. The van der Waals surface area contributed by atoms with Gasteiger partial charge in [-0.25, -0.2) is 0 Å². The lowest BCUT2D eigenvalue weighted by atomic mass is 10.1. The fourth-order valence-electron chi connectivity index (χ4n) is 3.19. The minimum Gasteiger partial charge on any atom is -0.489 e. The number of rotatable bonds is 4. The summed E-state index contributed by atoms with van der Waals surface area (Å²) >= 11 is 0. The van der Waals surface area contributed by atoms with E-state index in [4.69, 9.17) is 9.47 Å². The van der Waals surface area contributed by atoms with E-state index in [1.54, 1.807) is 18.2 Å². The zero-order valence-electron chi connectivity index (χ0n) is 15.7. The van der Waals surface area contributed by atoms with Gasteiger partial charge in [-0.1, -0.05) is 23.8 Å². The molecule has 2 aromatic carbocycles. The Labute approximate surface area is 158 Å². The molecule has 0 saturated heterocycles. The third-order valence-corrected chi connectivity index (χ3v) is 4.60. The molecule has 0 amide bonds. The second-order valence-electron chi connectivity index (χ2n) is 6.90. The molecular formula is C23H21NO3. The number of carbonyl (C=O) groups is 1. The Bertz CT molecular complexity index is 1100. The number of allylic oxidation sites excluding steroid dienone is 2. The first kappa shape index (κ1) is 17.2. The van der Waals surface area contributed by atoms with Crippen molar-refractivity contribution in [2.45, 2.75) is 13.8 Å². The average Bonchev–Trinajstić information content (AvgIpc) is 3.13. The van der Waals surface area contributed by atoms with E-state index in [0.29, 0.717) is 29.4 Å². The Morgan fingerprint density at radius 2 is 2.00 bits per heavy atom. The molecule has 2 heterocycles. The average molecular weight is 359 g/mol. The van der Waals surface area contributed by atoms with Crippen LogP contribution in [0.2, 0.25) is 0 Å². The largest absolute Gasteiger partial charge is 0.489 e. The van der Waals surface area contributed by atoms with Crippen LogP contribution in [0.1, 0.15) is 29.8 Å². The number of ether oxygens (including phenoxy) is 2. The van der Waals surface area contributed by atoms with Crippen LogP contribution in [-0.4, -0.2) is 17.0 Å². The summed E-state index contributed by atoms with van der Waals surface area (Å²) in [6, 6.07) is 13.4. The minimum atomic E-state index is -0.103. The number of hydrogen-bond acceptors (Lipinski definition) is 3. The molecular weight excluding hydrogens is 338 g/mol. The molecule has 4 heteroatoms. The molecule has 0 N–H and O–H groups in total. The van der Waals surface area contributed by atoms with Crippen molar-refractivity contribution < 1.29 is 14.3 Å². The number of nitrogens with zero attached hydrogens (tertiary/aromatic N) is 1. The van der Waals surface area contributed by atoms with Crippen molar-refractivity contribution >= 4 is 22.8 Å². The van der Waals surface area contributed by atoms with Gasteiger partial charge >= 0.3 is 0 Å². The highest BCUT2D eigenvalue weighted by molar-refractivity contribution is 6.15. The minimum absolute atomic E-state index is 0.103. The van der Waals surface area contributed by atoms with Gasteiger partial charge in [0.1, 0.15) is 18.1 Å². The number of aryl methyl sites for hydroxylation is 1. The maximum Gasteiger partial charge on any atom is 0.231 e. The Morgan fingerprint density at radius 3 is 2.81 bits per heavy atom. The van der Waals surface area contributed by atoms with E-state index in [1.807, 2.05) is 62.0 Å². The third-order valence-electron chi connectivity index (χ3n) is 4.60. The molecule has 4 nitrogen and oxygen atoms in total. The summed E-state index contributed by atoms with van der Waals surface area (Å²) in [5.41, 5.74) is 3.84. The Hall–Kier alpha value is -3.27. The van der Waals surface area contributed by atoms with Crippen molar-refractivity contribution in [3.8, 4) is 11.5 Å². The smallest absolute Gasteiger partial charge is 0.231 e. The van der Waals surface area contributed by atoms with Gasteiger partial charge in [0, 0.05) is 35.8 Å². The van der Waals surface area contributed by atoms with Crippen LogP contribution in [-0.2, 0) is 7.05 Å². The first-order valence-corrected chi connectivity index (χ1v) is 8.91. The number of hydrogen-bond donors (Lipinski definition) is 0. The van der Waals surface area contributed by atoms with Crippen LogP contribution in [0.15, 0.2) is 66.1 Å². The summed E-state index contributed by atoms with van der Waals surface area (Å²) in [6.45, 7) is 4.55. The monoisotopic (exact) mass is 359 g/mol.